The van der Waals surface area contributed by atoms with Gasteiger partial charge in [0, 0.05) is 12.8 Å². The quantitative estimate of drug-likeness (QED) is 0.0211. The van der Waals surface area contributed by atoms with E-state index >= 15 is 0 Å². The lowest BCUT2D eigenvalue weighted by molar-refractivity contribution is -0.870. The maximum atomic E-state index is 12.7. The van der Waals surface area contributed by atoms with Crippen molar-refractivity contribution >= 4 is 19.8 Å². The molecule has 9 nitrogen and oxygen atoms in total. The molecule has 0 heterocycles. The van der Waals surface area contributed by atoms with Crippen molar-refractivity contribution in [2.75, 3.05) is 47.5 Å². The third-order valence-corrected chi connectivity index (χ3v) is 12.0. The van der Waals surface area contributed by atoms with Crippen molar-refractivity contribution in [1.82, 2.24) is 0 Å². The van der Waals surface area contributed by atoms with Gasteiger partial charge in [-0.15, -0.1) is 0 Å². The van der Waals surface area contributed by atoms with Gasteiger partial charge < -0.3 is 18.9 Å². The number of quaternary nitrogens is 1. The SMILES string of the molecule is CC/C=C/C/C=C/C/C=C/C/C=C/C/C=C/CCCC(=O)O[C@@H](COC(=O)CCCCCCCCCCCCCCCCCCCCCCCCC)COP(=O)(O)OCC[N+](C)(C)C. The summed E-state index contributed by atoms with van der Waals surface area (Å²) in [6.07, 6.45) is 57.2. The van der Waals surface area contributed by atoms with Crippen LogP contribution in [0.1, 0.15) is 219 Å². The Kier molecular flexibility index (Phi) is 44.2. The molecule has 2 atom stereocenters. The molecule has 0 saturated heterocycles. The fourth-order valence-corrected chi connectivity index (χ4v) is 7.79. The minimum Gasteiger partial charge on any atom is -0.462 e. The summed E-state index contributed by atoms with van der Waals surface area (Å²) in [5, 5.41) is 0. The highest BCUT2D eigenvalue weighted by molar-refractivity contribution is 7.47. The van der Waals surface area contributed by atoms with E-state index in [4.69, 9.17) is 18.5 Å². The lowest BCUT2D eigenvalue weighted by atomic mass is 10.0. The van der Waals surface area contributed by atoms with E-state index in [0.717, 1.165) is 51.4 Å². The largest absolute Gasteiger partial charge is 0.472 e. The van der Waals surface area contributed by atoms with Gasteiger partial charge >= 0.3 is 19.8 Å². The average Bonchev–Trinajstić information content (AvgIpc) is 3.25. The summed E-state index contributed by atoms with van der Waals surface area (Å²) in [7, 11) is 1.44. The Hall–Kier alpha value is -2.29. The zero-order valence-corrected chi connectivity index (χ0v) is 42.9. The molecule has 0 aromatic carbocycles. The van der Waals surface area contributed by atoms with E-state index in [0.29, 0.717) is 23.9 Å². The van der Waals surface area contributed by atoms with Crippen molar-refractivity contribution in [3.63, 3.8) is 0 Å². The number of hydrogen-bond donors (Lipinski definition) is 1. The Bertz CT molecular complexity index is 1270. The fourth-order valence-electron chi connectivity index (χ4n) is 7.05. The predicted octanol–water partition coefficient (Wildman–Crippen LogP) is 15.6. The van der Waals surface area contributed by atoms with Crippen molar-refractivity contribution in [3.8, 4) is 0 Å². The molecule has 0 spiro atoms. The molecule has 1 N–H and O–H groups in total. The number of rotatable bonds is 47. The Morgan fingerprint density at radius 1 is 0.500 bits per heavy atom. The van der Waals surface area contributed by atoms with Gasteiger partial charge in [0.1, 0.15) is 19.8 Å². The molecule has 0 aliphatic heterocycles. The fraction of sp³-hybridized carbons (Fsp3) is 0.778. The minimum atomic E-state index is -4.40. The first-order valence-electron chi connectivity index (χ1n) is 26.0. The van der Waals surface area contributed by atoms with E-state index in [1.165, 1.54) is 128 Å². The standard InChI is InChI=1S/C54H98NO8P/c1-6-8-10-12-14-16-18-20-22-24-25-26-27-28-29-31-32-34-36-38-40-42-44-46-53(56)60-50-52(51-62-64(58,59)61-49-48-55(3,4)5)63-54(57)47-45-43-41-39-37-35-33-30-23-21-19-17-15-13-11-9-7-2/h9,11,15,17,21,23,33,35,39,41,52H,6-8,10,12-14,16,18-20,22,24-32,34,36-38,40,42-51H2,1-5H3/p+1/b11-9+,17-15+,23-21+,35-33+,41-39+/t52-/m0/s1. The maximum absolute atomic E-state index is 12.7. The van der Waals surface area contributed by atoms with Gasteiger partial charge in [-0.3, -0.25) is 18.6 Å². The summed E-state index contributed by atoms with van der Waals surface area (Å²) in [6.45, 7) is 4.27. The number of likely N-dealkylation sites (N-methyl/N-ethyl adjacent to an activating group) is 1. The van der Waals surface area contributed by atoms with E-state index in [9.17, 15) is 19.0 Å². The smallest absolute Gasteiger partial charge is 0.462 e. The van der Waals surface area contributed by atoms with Gasteiger partial charge in [0.15, 0.2) is 6.10 Å². The molecule has 0 aliphatic rings. The van der Waals surface area contributed by atoms with E-state index in [1.54, 1.807) is 0 Å². The molecule has 10 heteroatoms. The number of unbranched alkanes of at least 4 members (excludes halogenated alkanes) is 23. The summed E-state index contributed by atoms with van der Waals surface area (Å²) in [5.74, 6) is -0.861. The van der Waals surface area contributed by atoms with Gasteiger partial charge in [-0.05, 0) is 51.4 Å². The van der Waals surface area contributed by atoms with Crippen molar-refractivity contribution < 1.29 is 42.1 Å². The number of hydrogen-bond acceptors (Lipinski definition) is 7. The molecular weight excluding hydrogens is 822 g/mol. The number of allylic oxidation sites excluding steroid dienone is 10. The van der Waals surface area contributed by atoms with Crippen LogP contribution in [-0.2, 0) is 32.7 Å². The predicted molar refractivity (Wildman–Crippen MR) is 270 cm³/mol. The molecule has 1 unspecified atom stereocenters. The average molecular weight is 921 g/mol. The maximum Gasteiger partial charge on any atom is 0.472 e. The number of nitrogens with zero attached hydrogens (tertiary/aromatic N) is 1. The molecular formula is C54H99NO8P+. The molecule has 0 saturated carbocycles. The van der Waals surface area contributed by atoms with Crippen LogP contribution in [-0.4, -0.2) is 74.9 Å². The number of carbonyl (C=O) groups is 2. The van der Waals surface area contributed by atoms with Crippen LogP contribution < -0.4 is 0 Å². The first-order valence-corrected chi connectivity index (χ1v) is 27.5. The van der Waals surface area contributed by atoms with Gasteiger partial charge in [0.25, 0.3) is 0 Å². The molecule has 64 heavy (non-hydrogen) atoms. The van der Waals surface area contributed by atoms with Gasteiger partial charge in [0.2, 0.25) is 0 Å². The van der Waals surface area contributed by atoms with E-state index in [2.05, 4.69) is 68.5 Å². The lowest BCUT2D eigenvalue weighted by Crippen LogP contribution is -2.37. The summed E-state index contributed by atoms with van der Waals surface area (Å²) < 4.78 is 34.4. The Morgan fingerprint density at radius 2 is 0.891 bits per heavy atom. The van der Waals surface area contributed by atoms with Crippen molar-refractivity contribution in [2.24, 2.45) is 0 Å². The number of esters is 2. The van der Waals surface area contributed by atoms with Crippen LogP contribution in [0.5, 0.6) is 0 Å². The highest BCUT2D eigenvalue weighted by atomic mass is 31.2. The third kappa shape index (κ3) is 49.2. The topological polar surface area (TPSA) is 108 Å². The summed E-state index contributed by atoms with van der Waals surface area (Å²) in [4.78, 5) is 35.5. The van der Waals surface area contributed by atoms with Crippen LogP contribution in [0.25, 0.3) is 0 Å². The Labute approximate surface area is 394 Å². The van der Waals surface area contributed by atoms with E-state index in [-0.39, 0.29) is 32.0 Å². The molecule has 0 aromatic heterocycles. The molecule has 0 aromatic rings. The molecule has 0 radical (unpaired) electrons. The van der Waals surface area contributed by atoms with Crippen LogP contribution in [0.3, 0.4) is 0 Å². The highest BCUT2D eigenvalue weighted by Crippen LogP contribution is 2.43. The zero-order valence-electron chi connectivity index (χ0n) is 42.0. The van der Waals surface area contributed by atoms with Gasteiger partial charge in [0.05, 0.1) is 27.7 Å². The van der Waals surface area contributed by atoms with Crippen molar-refractivity contribution in [1.29, 1.82) is 0 Å². The molecule has 0 rings (SSSR count). The van der Waals surface area contributed by atoms with Crippen molar-refractivity contribution in [3.05, 3.63) is 60.8 Å². The number of phosphoric ester groups is 1. The van der Waals surface area contributed by atoms with Crippen LogP contribution in [0, 0.1) is 0 Å². The molecule has 0 amide bonds. The monoisotopic (exact) mass is 921 g/mol. The van der Waals surface area contributed by atoms with Crippen LogP contribution >= 0.6 is 7.82 Å². The second-order valence-corrected chi connectivity index (χ2v) is 20.0. The zero-order chi connectivity index (χ0) is 47.1. The Morgan fingerprint density at radius 3 is 1.31 bits per heavy atom. The summed E-state index contributed by atoms with van der Waals surface area (Å²) in [6, 6.07) is 0. The normalized spacial score (nSPS) is 13.9. The molecule has 0 bridgehead atoms. The molecule has 0 aliphatic carbocycles. The van der Waals surface area contributed by atoms with Crippen molar-refractivity contribution in [2.45, 2.75) is 225 Å². The van der Waals surface area contributed by atoms with Crippen LogP contribution in [0.4, 0.5) is 0 Å². The number of carbonyl (C=O) groups excluding carboxylic acids is 2. The second-order valence-electron chi connectivity index (χ2n) is 18.5. The highest BCUT2D eigenvalue weighted by Gasteiger charge is 2.27. The third-order valence-electron chi connectivity index (χ3n) is 11.1. The molecule has 0 fully saturated rings. The van der Waals surface area contributed by atoms with Gasteiger partial charge in [-0.25, -0.2) is 4.57 Å². The Balaban J connectivity index is 4.26. The van der Waals surface area contributed by atoms with E-state index < -0.39 is 26.5 Å². The minimum absolute atomic E-state index is 0.0199. The van der Waals surface area contributed by atoms with E-state index in [1.807, 2.05) is 27.2 Å². The number of phosphoric acid groups is 1. The lowest BCUT2D eigenvalue weighted by Gasteiger charge is -2.24. The second kappa shape index (κ2) is 45.8. The summed E-state index contributed by atoms with van der Waals surface area (Å²) >= 11 is 0. The van der Waals surface area contributed by atoms with Crippen LogP contribution in [0.15, 0.2) is 60.8 Å². The first kappa shape index (κ1) is 61.7. The van der Waals surface area contributed by atoms with Crippen LogP contribution in [0.2, 0.25) is 0 Å². The van der Waals surface area contributed by atoms with Gasteiger partial charge in [-0.2, -0.15) is 0 Å². The summed E-state index contributed by atoms with van der Waals surface area (Å²) in [5.41, 5.74) is 0. The first-order chi connectivity index (χ1) is 31.0. The molecule has 372 valence electrons. The van der Waals surface area contributed by atoms with Gasteiger partial charge in [-0.1, -0.05) is 216 Å². The number of ether oxygens (including phenoxy) is 2.